The van der Waals surface area contributed by atoms with Crippen molar-refractivity contribution >= 4 is 33.4 Å². The fourth-order valence-electron chi connectivity index (χ4n) is 5.53. The predicted octanol–water partition coefficient (Wildman–Crippen LogP) is 4.97. The molecule has 3 aromatic rings. The highest BCUT2D eigenvalue weighted by molar-refractivity contribution is 7.17. The van der Waals surface area contributed by atoms with Crippen LogP contribution < -0.4 is 14.8 Å². The van der Waals surface area contributed by atoms with E-state index in [0.29, 0.717) is 23.7 Å². The number of aromatic nitrogens is 1. The van der Waals surface area contributed by atoms with Crippen molar-refractivity contribution in [1.29, 1.82) is 0 Å². The summed E-state index contributed by atoms with van der Waals surface area (Å²) in [5, 5.41) is 5.35. The minimum atomic E-state index is -1.06. The van der Waals surface area contributed by atoms with E-state index in [1.807, 2.05) is 47.2 Å². The third kappa shape index (κ3) is 4.18. The van der Waals surface area contributed by atoms with Crippen LogP contribution >= 0.6 is 11.3 Å². The van der Waals surface area contributed by atoms with Crippen molar-refractivity contribution in [3.63, 3.8) is 0 Å². The highest BCUT2D eigenvalue weighted by Crippen LogP contribution is 2.38. The van der Waals surface area contributed by atoms with Gasteiger partial charge in [0.1, 0.15) is 11.2 Å². The molecule has 1 atom stereocenters. The van der Waals surface area contributed by atoms with E-state index < -0.39 is 5.54 Å². The second kappa shape index (κ2) is 9.57. The Morgan fingerprint density at radius 2 is 1.91 bits per heavy atom. The standard InChI is InChI=1S/C27H33N3O4S/c1-27(26(32)28-19-10-6-4-5-7-11-19)17-29-20-13-14-35-23(20)15-21(29)25(31)30(27)16-18-9-8-12-22(33-2)24(18)34-3/h8-9,12-15,19H,4-7,10-11,16-17H2,1-3H3,(H,28,32). The molecule has 8 heteroatoms. The molecular formula is C27H33N3O4S. The fourth-order valence-corrected chi connectivity index (χ4v) is 6.36. The molecule has 7 nitrogen and oxygen atoms in total. The normalized spacial score (nSPS) is 21.0. The molecule has 5 rings (SSSR count). The molecule has 0 radical (unpaired) electrons. The zero-order chi connectivity index (χ0) is 24.6. The van der Waals surface area contributed by atoms with Crippen LogP contribution in [0, 0.1) is 0 Å². The summed E-state index contributed by atoms with van der Waals surface area (Å²) >= 11 is 1.61. The molecule has 0 saturated heterocycles. The zero-order valence-corrected chi connectivity index (χ0v) is 21.5. The number of amides is 2. The average Bonchev–Trinajstić information content (AvgIpc) is 3.35. The first-order valence-corrected chi connectivity index (χ1v) is 13.2. The highest BCUT2D eigenvalue weighted by Gasteiger charge is 2.48. The van der Waals surface area contributed by atoms with Gasteiger partial charge in [0.2, 0.25) is 5.91 Å². The Morgan fingerprint density at radius 1 is 1.14 bits per heavy atom. The number of benzene rings is 1. The van der Waals surface area contributed by atoms with E-state index >= 15 is 0 Å². The number of carbonyl (C=O) groups excluding carboxylic acids is 2. The monoisotopic (exact) mass is 495 g/mol. The number of para-hydroxylation sites is 1. The third-order valence-corrected chi connectivity index (χ3v) is 8.39. The summed E-state index contributed by atoms with van der Waals surface area (Å²) in [7, 11) is 3.19. The molecule has 1 aromatic carbocycles. The number of nitrogens with one attached hydrogen (secondary N) is 1. The smallest absolute Gasteiger partial charge is 0.271 e. The second-order valence-electron chi connectivity index (χ2n) is 9.77. The van der Waals surface area contributed by atoms with E-state index in [0.717, 1.165) is 41.5 Å². The number of hydrogen-bond donors (Lipinski definition) is 1. The first-order valence-electron chi connectivity index (χ1n) is 12.4. The number of nitrogens with zero attached hydrogens (tertiary/aromatic N) is 2. The fraction of sp³-hybridized carbons (Fsp3) is 0.481. The molecule has 0 spiro atoms. The van der Waals surface area contributed by atoms with Crippen molar-refractivity contribution in [3.05, 3.63) is 47.0 Å². The van der Waals surface area contributed by atoms with Crippen LogP contribution in [0.15, 0.2) is 35.7 Å². The van der Waals surface area contributed by atoms with E-state index in [4.69, 9.17) is 9.47 Å². The molecule has 2 amide bonds. The molecule has 35 heavy (non-hydrogen) atoms. The van der Waals surface area contributed by atoms with Crippen LogP contribution in [-0.2, 0) is 17.9 Å². The molecule has 1 saturated carbocycles. The van der Waals surface area contributed by atoms with Crippen LogP contribution in [0.4, 0.5) is 0 Å². The predicted molar refractivity (Wildman–Crippen MR) is 137 cm³/mol. The van der Waals surface area contributed by atoms with E-state index in [1.54, 1.807) is 30.5 Å². The van der Waals surface area contributed by atoms with Crippen LogP contribution in [0.5, 0.6) is 11.5 Å². The van der Waals surface area contributed by atoms with E-state index in [1.165, 1.54) is 12.8 Å². The summed E-state index contributed by atoms with van der Waals surface area (Å²) in [5.41, 5.74) is 1.37. The molecule has 1 fully saturated rings. The van der Waals surface area contributed by atoms with Crippen LogP contribution in [0.3, 0.4) is 0 Å². The van der Waals surface area contributed by atoms with Gasteiger partial charge in [-0.1, -0.05) is 37.8 Å². The third-order valence-electron chi connectivity index (χ3n) is 7.54. The first-order chi connectivity index (χ1) is 17.0. The van der Waals surface area contributed by atoms with Gasteiger partial charge in [0.15, 0.2) is 11.5 Å². The summed E-state index contributed by atoms with van der Waals surface area (Å²) < 4.78 is 14.2. The molecule has 1 aliphatic carbocycles. The maximum absolute atomic E-state index is 14.0. The lowest BCUT2D eigenvalue weighted by Gasteiger charge is -2.44. The Kier molecular flexibility index (Phi) is 6.49. The van der Waals surface area contributed by atoms with E-state index in [9.17, 15) is 9.59 Å². The number of thiophene rings is 1. The van der Waals surface area contributed by atoms with Crippen molar-refractivity contribution < 1.29 is 19.1 Å². The highest BCUT2D eigenvalue weighted by atomic mass is 32.1. The van der Waals surface area contributed by atoms with E-state index in [-0.39, 0.29) is 24.4 Å². The van der Waals surface area contributed by atoms with Crippen molar-refractivity contribution in [1.82, 2.24) is 14.8 Å². The number of methoxy groups -OCH3 is 2. The molecule has 2 aromatic heterocycles. The number of rotatable bonds is 6. The Hall–Kier alpha value is -3.00. The maximum Gasteiger partial charge on any atom is 0.271 e. The minimum Gasteiger partial charge on any atom is -0.493 e. The summed E-state index contributed by atoms with van der Waals surface area (Å²) in [5.74, 6) is 0.935. The summed E-state index contributed by atoms with van der Waals surface area (Å²) in [4.78, 5) is 29.6. The first kappa shape index (κ1) is 23.7. The summed E-state index contributed by atoms with van der Waals surface area (Å²) in [6.07, 6.45) is 6.66. The minimum absolute atomic E-state index is 0.0951. The molecular weight excluding hydrogens is 462 g/mol. The lowest BCUT2D eigenvalue weighted by Crippen LogP contribution is -2.64. The molecule has 3 heterocycles. The second-order valence-corrected chi connectivity index (χ2v) is 10.7. The Bertz CT molecular complexity index is 1240. The Labute approximate surface area is 210 Å². The summed E-state index contributed by atoms with van der Waals surface area (Å²) in [6.45, 7) is 2.54. The summed E-state index contributed by atoms with van der Waals surface area (Å²) in [6, 6.07) is 9.76. The number of hydrogen-bond acceptors (Lipinski definition) is 5. The quantitative estimate of drug-likeness (QED) is 0.490. The molecule has 1 N–H and O–H groups in total. The van der Waals surface area contributed by atoms with Crippen molar-refractivity contribution in [2.75, 3.05) is 14.2 Å². The average molecular weight is 496 g/mol. The van der Waals surface area contributed by atoms with Gasteiger partial charge in [-0.05, 0) is 43.3 Å². The van der Waals surface area contributed by atoms with Crippen LogP contribution in [0.1, 0.15) is 61.5 Å². The van der Waals surface area contributed by atoms with Gasteiger partial charge in [-0.25, -0.2) is 0 Å². The van der Waals surface area contributed by atoms with Crippen molar-refractivity contribution in [2.24, 2.45) is 0 Å². The van der Waals surface area contributed by atoms with Gasteiger partial charge in [0, 0.05) is 11.6 Å². The van der Waals surface area contributed by atoms with Gasteiger partial charge in [-0.15, -0.1) is 11.3 Å². The lowest BCUT2D eigenvalue weighted by atomic mass is 9.92. The molecule has 2 aliphatic rings. The number of carbonyl (C=O) groups is 2. The van der Waals surface area contributed by atoms with Crippen molar-refractivity contribution in [3.8, 4) is 11.5 Å². The van der Waals surface area contributed by atoms with Crippen LogP contribution in [0.2, 0.25) is 0 Å². The largest absolute Gasteiger partial charge is 0.493 e. The molecule has 1 aliphatic heterocycles. The Morgan fingerprint density at radius 3 is 2.63 bits per heavy atom. The maximum atomic E-state index is 14.0. The SMILES string of the molecule is COc1cccc(CN2C(=O)c3cc4sccc4n3CC2(C)C(=O)NC2CCCCCC2)c1OC. The number of ether oxygens (including phenoxy) is 2. The van der Waals surface area contributed by atoms with Gasteiger partial charge in [-0.3, -0.25) is 9.59 Å². The lowest BCUT2D eigenvalue weighted by molar-refractivity contribution is -0.134. The number of fused-ring (bicyclic) bond motifs is 3. The van der Waals surface area contributed by atoms with Crippen LogP contribution in [-0.4, -0.2) is 47.1 Å². The topological polar surface area (TPSA) is 72.8 Å². The molecule has 186 valence electrons. The zero-order valence-electron chi connectivity index (χ0n) is 20.6. The van der Waals surface area contributed by atoms with Gasteiger partial charge in [-0.2, -0.15) is 0 Å². The Balaban J connectivity index is 1.55. The van der Waals surface area contributed by atoms with Gasteiger partial charge in [0.05, 0.1) is 37.5 Å². The van der Waals surface area contributed by atoms with Gasteiger partial charge < -0.3 is 24.3 Å². The molecule has 0 bridgehead atoms. The van der Waals surface area contributed by atoms with Gasteiger partial charge >= 0.3 is 0 Å². The van der Waals surface area contributed by atoms with Crippen molar-refractivity contribution in [2.45, 2.75) is 70.1 Å². The molecule has 1 unspecified atom stereocenters. The van der Waals surface area contributed by atoms with Crippen LogP contribution in [0.25, 0.3) is 10.2 Å². The van der Waals surface area contributed by atoms with E-state index in [2.05, 4.69) is 5.32 Å². The van der Waals surface area contributed by atoms with Gasteiger partial charge in [0.25, 0.3) is 5.91 Å².